The molecule has 0 aliphatic rings. The molecule has 0 atom stereocenters. The van der Waals surface area contributed by atoms with E-state index in [2.05, 4.69) is 40.0 Å². The summed E-state index contributed by atoms with van der Waals surface area (Å²) < 4.78 is 1.09. The molecule has 1 heterocycles. The average molecular weight is 274 g/mol. The molecule has 0 N–H and O–H groups in total. The number of aryl methyl sites for hydroxylation is 1. The topological polar surface area (TPSA) is 12.9 Å². The summed E-state index contributed by atoms with van der Waals surface area (Å²) in [6.07, 6.45) is 3.90. The minimum atomic E-state index is 1.07. The molecule has 0 aromatic carbocycles. The second-order valence-corrected chi connectivity index (χ2v) is 5.24. The Morgan fingerprint density at radius 3 is 2.79 bits per heavy atom. The zero-order chi connectivity index (χ0) is 10.4. The van der Waals surface area contributed by atoms with Crippen molar-refractivity contribution in [1.29, 1.82) is 0 Å². The Kier molecular flexibility index (Phi) is 5.56. The van der Waals surface area contributed by atoms with Crippen molar-refractivity contribution in [3.05, 3.63) is 22.3 Å². The molecule has 0 saturated heterocycles. The maximum Gasteiger partial charge on any atom is 0.0963 e. The van der Waals surface area contributed by atoms with Gasteiger partial charge in [-0.1, -0.05) is 19.8 Å². The van der Waals surface area contributed by atoms with Gasteiger partial charge in [-0.25, -0.2) is 4.98 Å². The molecule has 0 aliphatic carbocycles. The predicted octanol–water partition coefficient (Wildman–Crippen LogP) is 4.43. The van der Waals surface area contributed by atoms with Crippen molar-refractivity contribution in [1.82, 2.24) is 4.98 Å². The van der Waals surface area contributed by atoms with Gasteiger partial charge >= 0.3 is 0 Å². The maximum atomic E-state index is 4.49. The van der Waals surface area contributed by atoms with Crippen molar-refractivity contribution in [2.45, 2.75) is 38.1 Å². The minimum Gasteiger partial charge on any atom is -0.246 e. The molecular weight excluding hydrogens is 258 g/mol. The van der Waals surface area contributed by atoms with Crippen LogP contribution in [0.4, 0.5) is 0 Å². The third-order valence-corrected chi connectivity index (χ3v) is 3.85. The van der Waals surface area contributed by atoms with Gasteiger partial charge in [0.25, 0.3) is 0 Å². The lowest BCUT2D eigenvalue weighted by molar-refractivity contribution is 0.778. The van der Waals surface area contributed by atoms with Gasteiger partial charge in [-0.2, -0.15) is 0 Å². The van der Waals surface area contributed by atoms with Crippen molar-refractivity contribution in [3.63, 3.8) is 0 Å². The Balaban J connectivity index is 2.39. The van der Waals surface area contributed by atoms with Gasteiger partial charge < -0.3 is 0 Å². The Bertz CT molecular complexity index is 289. The van der Waals surface area contributed by atoms with E-state index in [1.807, 2.05) is 18.7 Å². The van der Waals surface area contributed by atoms with Gasteiger partial charge in [0.05, 0.1) is 10.7 Å². The highest BCUT2D eigenvalue weighted by atomic mass is 79.9. The van der Waals surface area contributed by atoms with Crippen molar-refractivity contribution >= 4 is 27.7 Å². The second kappa shape index (κ2) is 6.46. The summed E-state index contributed by atoms with van der Waals surface area (Å²) in [5.74, 6) is 1.18. The fraction of sp³-hybridized carbons (Fsp3) is 0.545. The van der Waals surface area contributed by atoms with Gasteiger partial charge in [0.2, 0.25) is 0 Å². The van der Waals surface area contributed by atoms with E-state index in [4.69, 9.17) is 0 Å². The van der Waals surface area contributed by atoms with Crippen LogP contribution >= 0.6 is 27.7 Å². The molecule has 0 unspecified atom stereocenters. The lowest BCUT2D eigenvalue weighted by Gasteiger charge is -2.02. The van der Waals surface area contributed by atoms with E-state index < -0.39 is 0 Å². The highest BCUT2D eigenvalue weighted by Crippen LogP contribution is 2.21. The number of halogens is 1. The van der Waals surface area contributed by atoms with Gasteiger partial charge in [0.15, 0.2) is 0 Å². The molecule has 1 nitrogen and oxygen atoms in total. The molecule has 14 heavy (non-hydrogen) atoms. The van der Waals surface area contributed by atoms with Crippen LogP contribution in [-0.4, -0.2) is 10.7 Å². The highest BCUT2D eigenvalue weighted by molar-refractivity contribution is 9.10. The first-order valence-electron chi connectivity index (χ1n) is 5.00. The summed E-state index contributed by atoms with van der Waals surface area (Å²) in [4.78, 5) is 4.49. The average Bonchev–Trinajstić information content (AvgIpc) is 2.18. The number of nitrogens with zero attached hydrogens (tertiary/aromatic N) is 1. The Morgan fingerprint density at radius 2 is 2.14 bits per heavy atom. The van der Waals surface area contributed by atoms with Crippen LogP contribution in [0.1, 0.15) is 31.9 Å². The smallest absolute Gasteiger partial charge is 0.0963 e. The monoisotopic (exact) mass is 273 g/mol. The molecular formula is C11H16BrNS. The van der Waals surface area contributed by atoms with Gasteiger partial charge in [-0.3, -0.25) is 0 Å². The number of pyridine rings is 1. The lowest BCUT2D eigenvalue weighted by atomic mass is 10.3. The lowest BCUT2D eigenvalue weighted by Crippen LogP contribution is -1.87. The molecule has 0 bridgehead atoms. The third-order valence-electron chi connectivity index (χ3n) is 1.99. The molecule has 1 aromatic rings. The van der Waals surface area contributed by atoms with Crippen LogP contribution in [0.2, 0.25) is 0 Å². The van der Waals surface area contributed by atoms with Crippen LogP contribution in [0.3, 0.4) is 0 Å². The van der Waals surface area contributed by atoms with E-state index in [0.29, 0.717) is 0 Å². The van der Waals surface area contributed by atoms with Crippen LogP contribution in [0.15, 0.2) is 21.6 Å². The number of hydrogen-bond donors (Lipinski definition) is 0. The number of rotatable bonds is 5. The number of hydrogen-bond acceptors (Lipinski definition) is 2. The third kappa shape index (κ3) is 4.01. The fourth-order valence-corrected chi connectivity index (χ4v) is 2.27. The molecule has 0 amide bonds. The molecule has 78 valence electrons. The van der Waals surface area contributed by atoms with E-state index in [0.717, 1.165) is 15.2 Å². The predicted molar refractivity (Wildman–Crippen MR) is 66.9 cm³/mol. The summed E-state index contributed by atoms with van der Waals surface area (Å²) in [5, 5.41) is 1.14. The quantitative estimate of drug-likeness (QED) is 0.581. The molecule has 0 radical (unpaired) electrons. The maximum absolute atomic E-state index is 4.49. The Labute approximate surface area is 98.8 Å². The number of aromatic nitrogens is 1. The summed E-state index contributed by atoms with van der Waals surface area (Å²) >= 11 is 5.30. The minimum absolute atomic E-state index is 1.07. The van der Waals surface area contributed by atoms with Crippen LogP contribution < -0.4 is 0 Å². The highest BCUT2D eigenvalue weighted by Gasteiger charge is 1.99. The SMILES string of the molecule is CCCCCSc1ccc(Br)c(C)n1. The fourth-order valence-electron chi connectivity index (χ4n) is 1.13. The van der Waals surface area contributed by atoms with Crippen LogP contribution in [0.25, 0.3) is 0 Å². The molecule has 3 heteroatoms. The number of thioether (sulfide) groups is 1. The van der Waals surface area contributed by atoms with Crippen molar-refractivity contribution in [2.24, 2.45) is 0 Å². The van der Waals surface area contributed by atoms with Gasteiger partial charge in [-0.15, -0.1) is 11.8 Å². The van der Waals surface area contributed by atoms with Crippen LogP contribution in [0.5, 0.6) is 0 Å². The van der Waals surface area contributed by atoms with Crippen molar-refractivity contribution in [2.75, 3.05) is 5.75 Å². The van der Waals surface area contributed by atoms with E-state index >= 15 is 0 Å². The van der Waals surface area contributed by atoms with Crippen LogP contribution in [-0.2, 0) is 0 Å². The van der Waals surface area contributed by atoms with Crippen molar-refractivity contribution in [3.8, 4) is 0 Å². The zero-order valence-electron chi connectivity index (χ0n) is 8.72. The molecule has 0 fully saturated rings. The van der Waals surface area contributed by atoms with Crippen LogP contribution in [0, 0.1) is 6.92 Å². The first-order valence-corrected chi connectivity index (χ1v) is 6.78. The standard InChI is InChI=1S/C11H16BrNS/c1-3-4-5-8-14-11-7-6-10(12)9(2)13-11/h6-7H,3-5,8H2,1-2H3. The van der Waals surface area contributed by atoms with Gasteiger partial charge in [-0.05, 0) is 47.2 Å². The normalized spacial score (nSPS) is 10.5. The molecule has 1 rings (SSSR count). The molecule has 1 aromatic heterocycles. The zero-order valence-corrected chi connectivity index (χ0v) is 11.1. The largest absolute Gasteiger partial charge is 0.246 e. The van der Waals surface area contributed by atoms with E-state index in [-0.39, 0.29) is 0 Å². The molecule has 0 saturated carbocycles. The number of unbranched alkanes of at least 4 members (excludes halogenated alkanes) is 2. The van der Waals surface area contributed by atoms with E-state index in [1.165, 1.54) is 25.0 Å². The van der Waals surface area contributed by atoms with Crippen molar-refractivity contribution < 1.29 is 0 Å². The van der Waals surface area contributed by atoms with E-state index in [9.17, 15) is 0 Å². The molecule has 0 aliphatic heterocycles. The summed E-state index contributed by atoms with van der Waals surface area (Å²) in [7, 11) is 0. The molecule has 0 spiro atoms. The van der Waals surface area contributed by atoms with E-state index in [1.54, 1.807) is 0 Å². The summed E-state index contributed by atoms with van der Waals surface area (Å²) in [6.45, 7) is 4.26. The first-order chi connectivity index (χ1) is 6.74. The Hall–Kier alpha value is -0.0200. The van der Waals surface area contributed by atoms with Gasteiger partial charge in [0.1, 0.15) is 0 Å². The van der Waals surface area contributed by atoms with Gasteiger partial charge in [0, 0.05) is 4.47 Å². The Morgan fingerprint density at radius 1 is 1.36 bits per heavy atom. The first kappa shape index (κ1) is 12.1. The summed E-state index contributed by atoms with van der Waals surface area (Å²) in [5.41, 5.74) is 1.07. The second-order valence-electron chi connectivity index (χ2n) is 3.27. The summed E-state index contributed by atoms with van der Waals surface area (Å²) in [6, 6.07) is 4.15.